The van der Waals surface area contributed by atoms with Gasteiger partial charge in [-0.2, -0.15) is 9.78 Å². The molecule has 3 aromatic rings. The van der Waals surface area contributed by atoms with E-state index in [1.807, 2.05) is 0 Å². The van der Waals surface area contributed by atoms with E-state index in [1.54, 1.807) is 24.3 Å². The van der Waals surface area contributed by atoms with Gasteiger partial charge < -0.3 is 0 Å². The molecule has 0 aliphatic carbocycles. The third kappa shape index (κ3) is 1.44. The summed E-state index contributed by atoms with van der Waals surface area (Å²) in [4.78, 5) is 4.08. The van der Waals surface area contributed by atoms with Crippen LogP contribution in [0.25, 0.3) is 21.8 Å². The van der Waals surface area contributed by atoms with Crippen LogP contribution >= 0.6 is 0 Å². The summed E-state index contributed by atoms with van der Waals surface area (Å²) in [5, 5.41) is 4.19. The van der Waals surface area contributed by atoms with E-state index >= 15 is 0 Å². The molecule has 0 aliphatic heterocycles. The molecule has 0 bridgehead atoms. The summed E-state index contributed by atoms with van der Waals surface area (Å²) >= 11 is 0. The third-order valence-corrected chi connectivity index (χ3v) is 2.54. The second-order valence-electron chi connectivity index (χ2n) is 3.60. The summed E-state index contributed by atoms with van der Waals surface area (Å²) in [5.41, 5.74) is 0.564. The first-order valence-electron chi connectivity index (χ1n) is 4.86. The number of aromatic nitrogens is 3. The minimum absolute atomic E-state index is 0.0445. The average Bonchev–Trinajstić information content (AvgIpc) is 2.72. The zero-order valence-electron chi connectivity index (χ0n) is 8.44. The van der Waals surface area contributed by atoms with Gasteiger partial charge in [-0.3, -0.25) is 4.98 Å². The molecule has 6 heteroatoms. The van der Waals surface area contributed by atoms with E-state index in [9.17, 15) is 13.2 Å². The molecule has 2 aromatic heterocycles. The molecule has 0 amide bonds. The van der Waals surface area contributed by atoms with E-state index in [-0.39, 0.29) is 10.2 Å². The highest BCUT2D eigenvalue weighted by Gasteiger charge is 2.33. The van der Waals surface area contributed by atoms with Gasteiger partial charge in [0, 0.05) is 17.0 Å². The number of alkyl halides is 3. The molecule has 0 unspecified atom stereocenters. The molecular formula is C11H6F3N3. The predicted molar refractivity (Wildman–Crippen MR) is 56.3 cm³/mol. The lowest BCUT2D eigenvalue weighted by atomic mass is 10.2. The zero-order chi connectivity index (χ0) is 12.0. The van der Waals surface area contributed by atoms with Crippen molar-refractivity contribution >= 4 is 21.8 Å². The maximum absolute atomic E-state index is 12.8. The number of rotatable bonds is 0. The highest BCUT2D eigenvalue weighted by atomic mass is 19.4. The number of para-hydroxylation sites is 1. The Labute approximate surface area is 93.5 Å². The van der Waals surface area contributed by atoms with Crippen LogP contribution in [0.1, 0.15) is 0 Å². The van der Waals surface area contributed by atoms with Crippen LogP contribution < -0.4 is 0 Å². The summed E-state index contributed by atoms with van der Waals surface area (Å²) in [5.74, 6) is 0. The second kappa shape index (κ2) is 3.19. The first kappa shape index (κ1) is 10.1. The molecule has 0 spiro atoms. The van der Waals surface area contributed by atoms with Gasteiger partial charge in [0.2, 0.25) is 0 Å². The van der Waals surface area contributed by atoms with Crippen molar-refractivity contribution in [2.75, 3.05) is 0 Å². The van der Waals surface area contributed by atoms with Crippen molar-refractivity contribution in [3.8, 4) is 0 Å². The Hall–Kier alpha value is -2.11. The maximum atomic E-state index is 12.8. The Bertz CT molecular complexity index is 700. The van der Waals surface area contributed by atoms with E-state index in [0.717, 1.165) is 0 Å². The van der Waals surface area contributed by atoms with Crippen LogP contribution in [0.15, 0.2) is 36.7 Å². The van der Waals surface area contributed by atoms with Crippen LogP contribution in [0.4, 0.5) is 13.2 Å². The molecule has 1 aromatic carbocycles. The summed E-state index contributed by atoms with van der Waals surface area (Å²) in [7, 11) is 0. The average molecular weight is 237 g/mol. The SMILES string of the molecule is FC(F)(F)n1ncc2cnc3ccccc3c21. The van der Waals surface area contributed by atoms with Gasteiger partial charge in [0.15, 0.2) is 0 Å². The van der Waals surface area contributed by atoms with Crippen molar-refractivity contribution < 1.29 is 13.2 Å². The van der Waals surface area contributed by atoms with Gasteiger partial charge in [0.05, 0.1) is 17.2 Å². The number of nitrogens with zero attached hydrogens (tertiary/aromatic N) is 3. The van der Waals surface area contributed by atoms with Crippen molar-refractivity contribution in [2.24, 2.45) is 0 Å². The van der Waals surface area contributed by atoms with Gasteiger partial charge in [-0.15, -0.1) is 13.2 Å². The van der Waals surface area contributed by atoms with E-state index in [2.05, 4.69) is 10.1 Å². The monoisotopic (exact) mass is 237 g/mol. The highest BCUT2D eigenvalue weighted by Crippen LogP contribution is 2.30. The Morgan fingerprint density at radius 3 is 2.59 bits per heavy atom. The molecule has 0 atom stereocenters. The Morgan fingerprint density at radius 2 is 1.82 bits per heavy atom. The molecule has 2 heterocycles. The van der Waals surface area contributed by atoms with E-state index in [1.165, 1.54) is 12.4 Å². The number of pyridine rings is 1. The Balaban J connectivity index is 2.51. The van der Waals surface area contributed by atoms with Gasteiger partial charge in [0.1, 0.15) is 0 Å². The predicted octanol–water partition coefficient (Wildman–Crippen LogP) is 3.06. The van der Waals surface area contributed by atoms with Crippen LogP contribution in [0.2, 0.25) is 0 Å². The quantitative estimate of drug-likeness (QED) is 0.601. The zero-order valence-corrected chi connectivity index (χ0v) is 8.44. The van der Waals surface area contributed by atoms with Crippen LogP contribution in [-0.2, 0) is 6.30 Å². The Morgan fingerprint density at radius 1 is 1.06 bits per heavy atom. The van der Waals surface area contributed by atoms with Crippen molar-refractivity contribution in [1.82, 2.24) is 14.8 Å². The Kier molecular flexibility index (Phi) is 1.89. The molecule has 0 fully saturated rings. The third-order valence-electron chi connectivity index (χ3n) is 2.54. The van der Waals surface area contributed by atoms with Crippen LogP contribution in [0.3, 0.4) is 0 Å². The van der Waals surface area contributed by atoms with Gasteiger partial charge in [-0.25, -0.2) is 0 Å². The van der Waals surface area contributed by atoms with E-state index in [4.69, 9.17) is 0 Å². The largest absolute Gasteiger partial charge is 0.505 e. The van der Waals surface area contributed by atoms with Gasteiger partial charge in [-0.1, -0.05) is 18.2 Å². The molecule has 0 N–H and O–H groups in total. The lowest BCUT2D eigenvalue weighted by Gasteiger charge is -2.08. The van der Waals surface area contributed by atoms with E-state index in [0.29, 0.717) is 16.3 Å². The number of benzene rings is 1. The summed E-state index contributed by atoms with van der Waals surface area (Å²) in [6.07, 6.45) is -1.96. The molecule has 0 aliphatic rings. The second-order valence-corrected chi connectivity index (χ2v) is 3.60. The number of hydrogen-bond acceptors (Lipinski definition) is 2. The lowest BCUT2D eigenvalue weighted by molar-refractivity contribution is -0.208. The molecular weight excluding hydrogens is 231 g/mol. The highest BCUT2D eigenvalue weighted by molar-refractivity contribution is 6.03. The fourth-order valence-electron chi connectivity index (χ4n) is 1.84. The van der Waals surface area contributed by atoms with Crippen molar-refractivity contribution in [2.45, 2.75) is 6.30 Å². The lowest BCUT2D eigenvalue weighted by Crippen LogP contribution is -2.17. The topological polar surface area (TPSA) is 30.7 Å². The van der Waals surface area contributed by atoms with E-state index < -0.39 is 6.30 Å². The molecule has 3 rings (SSSR count). The first-order chi connectivity index (χ1) is 8.07. The summed E-state index contributed by atoms with van der Waals surface area (Å²) < 4.78 is 38.4. The normalized spacial score (nSPS) is 12.4. The van der Waals surface area contributed by atoms with Crippen LogP contribution in [-0.4, -0.2) is 14.8 Å². The molecule has 86 valence electrons. The summed E-state index contributed by atoms with van der Waals surface area (Å²) in [6.45, 7) is 0. The molecule has 17 heavy (non-hydrogen) atoms. The standard InChI is InChI=1S/C11H6F3N3/c12-11(13,14)17-10-7(6-16-17)5-15-9-4-2-1-3-8(9)10/h1-6H. The van der Waals surface area contributed by atoms with Gasteiger partial charge >= 0.3 is 6.30 Å². The van der Waals surface area contributed by atoms with Gasteiger partial charge in [0.25, 0.3) is 0 Å². The maximum Gasteiger partial charge on any atom is 0.505 e. The first-order valence-corrected chi connectivity index (χ1v) is 4.86. The smallest absolute Gasteiger partial charge is 0.255 e. The molecule has 0 saturated carbocycles. The number of halogens is 3. The fraction of sp³-hybridized carbons (Fsp3) is 0.0909. The molecule has 3 nitrogen and oxygen atoms in total. The molecule has 0 saturated heterocycles. The van der Waals surface area contributed by atoms with Crippen LogP contribution in [0, 0.1) is 0 Å². The minimum Gasteiger partial charge on any atom is -0.255 e. The van der Waals surface area contributed by atoms with Crippen molar-refractivity contribution in [3.63, 3.8) is 0 Å². The van der Waals surface area contributed by atoms with Crippen molar-refractivity contribution in [3.05, 3.63) is 36.7 Å². The minimum atomic E-state index is -4.52. The van der Waals surface area contributed by atoms with Crippen molar-refractivity contribution in [1.29, 1.82) is 0 Å². The molecule has 0 radical (unpaired) electrons. The number of fused-ring (bicyclic) bond motifs is 3. The summed E-state index contributed by atoms with van der Waals surface area (Å²) in [6, 6.07) is 6.68. The van der Waals surface area contributed by atoms with Gasteiger partial charge in [-0.05, 0) is 6.07 Å². The number of hydrogen-bond donors (Lipinski definition) is 0. The fourth-order valence-corrected chi connectivity index (χ4v) is 1.84. The van der Waals surface area contributed by atoms with Crippen LogP contribution in [0.5, 0.6) is 0 Å².